The van der Waals surface area contributed by atoms with Crippen molar-refractivity contribution in [1.29, 1.82) is 0 Å². The number of aliphatic hydroxyl groups is 2. The van der Waals surface area contributed by atoms with Crippen LogP contribution in [0.3, 0.4) is 0 Å². The van der Waals surface area contributed by atoms with E-state index in [1.54, 1.807) is 13.8 Å². The predicted molar refractivity (Wildman–Crippen MR) is 90.8 cm³/mol. The van der Waals surface area contributed by atoms with E-state index in [1.165, 1.54) is 11.1 Å². The molecule has 0 fully saturated rings. The summed E-state index contributed by atoms with van der Waals surface area (Å²) in [5.41, 5.74) is 0.137. The van der Waals surface area contributed by atoms with E-state index in [0.29, 0.717) is 12.8 Å². The second kappa shape index (κ2) is 7.08. The summed E-state index contributed by atoms with van der Waals surface area (Å²) in [6.07, 6.45) is 2.60. The summed E-state index contributed by atoms with van der Waals surface area (Å²) >= 11 is 0. The van der Waals surface area contributed by atoms with Gasteiger partial charge in [0.2, 0.25) is 0 Å². The summed E-state index contributed by atoms with van der Waals surface area (Å²) in [5, 5.41) is 21.5. The third-order valence-electron chi connectivity index (χ3n) is 4.65. The van der Waals surface area contributed by atoms with Gasteiger partial charge in [0.1, 0.15) is 0 Å². The third-order valence-corrected chi connectivity index (χ3v) is 4.65. The molecular weight excluding hydrogens is 272 g/mol. The molecule has 0 heterocycles. The smallest absolute Gasteiger partial charge is 0.0906 e. The molecule has 22 heavy (non-hydrogen) atoms. The van der Waals surface area contributed by atoms with Crippen LogP contribution in [0.5, 0.6) is 0 Å². The first-order valence-electron chi connectivity index (χ1n) is 7.93. The number of hydrogen-bond acceptors (Lipinski definition) is 2. The van der Waals surface area contributed by atoms with E-state index in [4.69, 9.17) is 0 Å². The molecule has 2 atom stereocenters. The number of rotatable bonds is 7. The number of aryl methyl sites for hydroxylation is 2. The molecule has 0 aliphatic rings. The Morgan fingerprint density at radius 3 is 1.27 bits per heavy atom. The Balaban J connectivity index is 1.93. The Bertz CT molecular complexity index is 505. The van der Waals surface area contributed by atoms with Crippen molar-refractivity contribution in [3.8, 4) is 0 Å². The Labute approximate surface area is 133 Å². The van der Waals surface area contributed by atoms with Gasteiger partial charge >= 0.3 is 0 Å². The lowest BCUT2D eigenvalue weighted by molar-refractivity contribution is -0.138. The highest BCUT2D eigenvalue weighted by atomic mass is 16.4. The van der Waals surface area contributed by atoms with Crippen molar-refractivity contribution < 1.29 is 10.2 Å². The van der Waals surface area contributed by atoms with Crippen LogP contribution in [0, 0.1) is 0 Å². The molecule has 0 radical (unpaired) electrons. The van der Waals surface area contributed by atoms with Crippen LogP contribution in [0.2, 0.25) is 0 Å². The molecule has 0 saturated heterocycles. The van der Waals surface area contributed by atoms with Crippen molar-refractivity contribution >= 4 is 0 Å². The summed E-state index contributed by atoms with van der Waals surface area (Å²) in [4.78, 5) is 0. The highest BCUT2D eigenvalue weighted by molar-refractivity contribution is 5.17. The van der Waals surface area contributed by atoms with Crippen molar-refractivity contribution in [2.75, 3.05) is 0 Å². The monoisotopic (exact) mass is 298 g/mol. The molecule has 0 amide bonds. The van der Waals surface area contributed by atoms with Crippen molar-refractivity contribution in [3.05, 3.63) is 71.8 Å². The van der Waals surface area contributed by atoms with Crippen molar-refractivity contribution in [2.24, 2.45) is 0 Å². The highest BCUT2D eigenvalue weighted by Crippen LogP contribution is 2.31. The Hall–Kier alpha value is -1.64. The van der Waals surface area contributed by atoms with Crippen LogP contribution in [-0.4, -0.2) is 21.4 Å². The van der Waals surface area contributed by atoms with Crippen LogP contribution in [0.1, 0.15) is 37.8 Å². The van der Waals surface area contributed by atoms with Gasteiger partial charge in [-0.15, -0.1) is 0 Å². The Morgan fingerprint density at radius 2 is 0.955 bits per heavy atom. The molecule has 0 bridgehead atoms. The zero-order valence-electron chi connectivity index (χ0n) is 13.5. The van der Waals surface area contributed by atoms with Gasteiger partial charge in [-0.05, 0) is 50.7 Å². The average molecular weight is 298 g/mol. The summed E-state index contributed by atoms with van der Waals surface area (Å²) < 4.78 is 0. The largest absolute Gasteiger partial charge is 0.387 e. The average Bonchev–Trinajstić information content (AvgIpc) is 2.53. The number of benzene rings is 2. The van der Waals surface area contributed by atoms with Crippen LogP contribution < -0.4 is 0 Å². The van der Waals surface area contributed by atoms with E-state index in [1.807, 2.05) is 36.4 Å². The van der Waals surface area contributed by atoms with E-state index in [9.17, 15) is 10.2 Å². The van der Waals surface area contributed by atoms with Gasteiger partial charge in [-0.25, -0.2) is 0 Å². The fourth-order valence-corrected chi connectivity index (χ4v) is 2.60. The molecule has 0 aromatic heterocycles. The molecule has 2 aromatic rings. The van der Waals surface area contributed by atoms with Gasteiger partial charge in [-0.3, -0.25) is 0 Å². The van der Waals surface area contributed by atoms with Crippen LogP contribution in [0.4, 0.5) is 0 Å². The van der Waals surface area contributed by atoms with E-state index in [2.05, 4.69) is 24.3 Å². The minimum absolute atomic E-state index is 0.540. The summed E-state index contributed by atoms with van der Waals surface area (Å²) in [6.45, 7) is 3.47. The van der Waals surface area contributed by atoms with Crippen LogP contribution >= 0.6 is 0 Å². The molecule has 2 aromatic carbocycles. The SMILES string of the molecule is C[C@@](O)(CCc1ccccc1)[C@](C)(O)CCc1ccccc1. The van der Waals surface area contributed by atoms with Gasteiger partial charge in [0.15, 0.2) is 0 Å². The Morgan fingerprint density at radius 1 is 0.636 bits per heavy atom. The normalized spacial score (nSPS) is 16.7. The fraction of sp³-hybridized carbons (Fsp3) is 0.400. The zero-order valence-corrected chi connectivity index (χ0v) is 13.5. The van der Waals surface area contributed by atoms with Gasteiger partial charge in [0, 0.05) is 0 Å². The summed E-state index contributed by atoms with van der Waals surface area (Å²) in [5.74, 6) is 0. The third kappa shape index (κ3) is 4.43. The molecule has 0 spiro atoms. The lowest BCUT2D eigenvalue weighted by atomic mass is 9.78. The standard InChI is InChI=1S/C20H26O2/c1-19(21,15-13-17-9-5-3-6-10-17)20(2,22)16-14-18-11-7-4-8-12-18/h3-12,21-22H,13-16H2,1-2H3/t19-,20-/m1/s1. The summed E-state index contributed by atoms with van der Waals surface area (Å²) in [7, 11) is 0. The molecule has 2 rings (SSSR count). The van der Waals surface area contributed by atoms with Crippen LogP contribution in [-0.2, 0) is 12.8 Å². The first-order valence-corrected chi connectivity index (χ1v) is 7.93. The van der Waals surface area contributed by atoms with Gasteiger partial charge in [0.25, 0.3) is 0 Å². The quantitative estimate of drug-likeness (QED) is 0.817. The lowest BCUT2D eigenvalue weighted by Gasteiger charge is -2.39. The molecule has 118 valence electrons. The van der Waals surface area contributed by atoms with Crippen molar-refractivity contribution in [2.45, 2.75) is 50.7 Å². The maximum Gasteiger partial charge on any atom is 0.0906 e. The predicted octanol–water partition coefficient (Wildman–Crippen LogP) is 3.75. The summed E-state index contributed by atoms with van der Waals surface area (Å²) in [6, 6.07) is 20.2. The molecule has 0 saturated carbocycles. The van der Waals surface area contributed by atoms with E-state index < -0.39 is 11.2 Å². The maximum atomic E-state index is 10.7. The second-order valence-electron chi connectivity index (χ2n) is 6.52. The zero-order chi connectivity index (χ0) is 16.1. The first-order chi connectivity index (χ1) is 10.4. The van der Waals surface area contributed by atoms with Crippen molar-refractivity contribution in [3.63, 3.8) is 0 Å². The van der Waals surface area contributed by atoms with E-state index >= 15 is 0 Å². The highest BCUT2D eigenvalue weighted by Gasteiger charge is 2.40. The van der Waals surface area contributed by atoms with Gasteiger partial charge in [-0.2, -0.15) is 0 Å². The molecule has 2 nitrogen and oxygen atoms in total. The van der Waals surface area contributed by atoms with Crippen molar-refractivity contribution in [1.82, 2.24) is 0 Å². The maximum absolute atomic E-state index is 10.7. The fourth-order valence-electron chi connectivity index (χ4n) is 2.60. The van der Waals surface area contributed by atoms with Crippen LogP contribution in [0.25, 0.3) is 0 Å². The number of hydrogen-bond donors (Lipinski definition) is 2. The van der Waals surface area contributed by atoms with E-state index in [-0.39, 0.29) is 0 Å². The van der Waals surface area contributed by atoms with Gasteiger partial charge in [0.05, 0.1) is 11.2 Å². The molecule has 0 aliphatic heterocycles. The molecular formula is C20H26O2. The van der Waals surface area contributed by atoms with Gasteiger partial charge < -0.3 is 10.2 Å². The molecule has 2 N–H and O–H groups in total. The van der Waals surface area contributed by atoms with E-state index in [0.717, 1.165) is 12.8 Å². The van der Waals surface area contributed by atoms with Crippen LogP contribution in [0.15, 0.2) is 60.7 Å². The topological polar surface area (TPSA) is 40.5 Å². The minimum Gasteiger partial charge on any atom is -0.387 e. The van der Waals surface area contributed by atoms with Gasteiger partial charge in [-0.1, -0.05) is 60.7 Å². The molecule has 0 aliphatic carbocycles. The minimum atomic E-state index is -1.11. The lowest BCUT2D eigenvalue weighted by Crippen LogP contribution is -2.50. The molecule has 0 unspecified atom stereocenters. The second-order valence-corrected chi connectivity index (χ2v) is 6.52. The first kappa shape index (κ1) is 16.7. The molecule has 2 heteroatoms. The Kier molecular flexibility index (Phi) is 5.38.